The zero-order valence-corrected chi connectivity index (χ0v) is 23.5. The topological polar surface area (TPSA) is 75.2 Å². The number of piperazine rings is 1. The van der Waals surface area contributed by atoms with E-state index in [1.807, 2.05) is 67.7 Å². The van der Waals surface area contributed by atoms with Crippen molar-refractivity contribution in [3.8, 4) is 5.88 Å². The molecule has 1 saturated heterocycles. The lowest BCUT2D eigenvalue weighted by atomic mass is 10.0. The molecule has 8 heteroatoms. The first-order valence-electron chi connectivity index (χ1n) is 13.2. The third-order valence-electron chi connectivity index (χ3n) is 7.64. The van der Waals surface area contributed by atoms with Crippen LogP contribution >= 0.6 is 11.6 Å². The monoisotopic (exact) mass is 543 g/mol. The Hall–Kier alpha value is -3.65. The molecule has 202 valence electrons. The molecule has 0 spiro atoms. The summed E-state index contributed by atoms with van der Waals surface area (Å²) in [5, 5.41) is 12.3. The van der Waals surface area contributed by atoms with Crippen LogP contribution in [0.5, 0.6) is 5.88 Å². The summed E-state index contributed by atoms with van der Waals surface area (Å²) in [4.78, 5) is 27.4. The highest BCUT2D eigenvalue weighted by Gasteiger charge is 2.29. The average molecular weight is 544 g/mol. The molecule has 1 aliphatic rings. The number of rotatable bonds is 6. The van der Waals surface area contributed by atoms with Gasteiger partial charge in [0.05, 0.1) is 29.0 Å². The summed E-state index contributed by atoms with van der Waals surface area (Å²) in [6.45, 7) is 6.58. The lowest BCUT2D eigenvalue weighted by Gasteiger charge is -2.42. The van der Waals surface area contributed by atoms with Gasteiger partial charge in [0.2, 0.25) is 5.91 Å². The molecule has 1 fully saturated rings. The van der Waals surface area contributed by atoms with Crippen molar-refractivity contribution >= 4 is 45.5 Å². The molecular weight excluding hydrogens is 510 g/mol. The highest BCUT2D eigenvalue weighted by Crippen LogP contribution is 2.33. The fraction of sp³-hybridized carbons (Fsp3) is 0.290. The van der Waals surface area contributed by atoms with Gasteiger partial charge in [0, 0.05) is 53.9 Å². The predicted molar refractivity (Wildman–Crippen MR) is 160 cm³/mol. The van der Waals surface area contributed by atoms with E-state index in [1.165, 1.54) is 0 Å². The Labute approximate surface area is 234 Å². The molecule has 0 aliphatic carbocycles. The van der Waals surface area contributed by atoms with Gasteiger partial charge >= 0.3 is 0 Å². The number of amides is 1. The van der Waals surface area contributed by atoms with Gasteiger partial charge in [-0.3, -0.25) is 9.69 Å². The first kappa shape index (κ1) is 26.9. The number of nitrogens with zero attached hydrogens (tertiary/aromatic N) is 4. The third-order valence-corrected chi connectivity index (χ3v) is 7.88. The Kier molecular flexibility index (Phi) is 7.75. The summed E-state index contributed by atoms with van der Waals surface area (Å²) in [6.07, 6.45) is 0. The number of aromatic hydroxyl groups is 1. The molecule has 5 rings (SSSR count). The molecule has 1 amide bonds. The van der Waals surface area contributed by atoms with Gasteiger partial charge in [0.25, 0.3) is 0 Å². The lowest BCUT2D eigenvalue weighted by molar-refractivity contribution is -0.120. The predicted octanol–water partition coefficient (Wildman–Crippen LogP) is 5.68. The van der Waals surface area contributed by atoms with Crippen LogP contribution in [0.2, 0.25) is 5.02 Å². The van der Waals surface area contributed by atoms with Crippen molar-refractivity contribution in [2.75, 3.05) is 38.6 Å². The summed E-state index contributed by atoms with van der Waals surface area (Å²) >= 11 is 6.18. The molecule has 2 atom stereocenters. The van der Waals surface area contributed by atoms with Crippen molar-refractivity contribution in [1.82, 2.24) is 14.8 Å². The standard InChI is InChI=1S/C31H34ClN5O2/c1-20-18-37(21(2)17-35(20)3)19-28(38)36(4)25-13-11-24(12-14-25)33-30(22-8-6-5-7-9-22)29-26-15-10-23(32)16-27(26)34-31(29)39/h5-16,20-21,34,39H,17-19H2,1-4H3/t20-,21-/m0/s1. The Morgan fingerprint density at radius 1 is 1.05 bits per heavy atom. The Morgan fingerprint density at radius 2 is 1.77 bits per heavy atom. The summed E-state index contributed by atoms with van der Waals surface area (Å²) in [5.74, 6) is 0.0893. The van der Waals surface area contributed by atoms with Crippen molar-refractivity contribution in [3.05, 3.63) is 88.9 Å². The summed E-state index contributed by atoms with van der Waals surface area (Å²) in [7, 11) is 3.95. The molecular formula is C31H34ClN5O2. The van der Waals surface area contributed by atoms with Crippen molar-refractivity contribution in [3.63, 3.8) is 0 Å². The van der Waals surface area contributed by atoms with Crippen molar-refractivity contribution in [1.29, 1.82) is 0 Å². The third kappa shape index (κ3) is 5.71. The number of carbonyl (C=O) groups is 1. The zero-order valence-electron chi connectivity index (χ0n) is 22.7. The van der Waals surface area contributed by atoms with Gasteiger partial charge in [-0.05, 0) is 57.3 Å². The van der Waals surface area contributed by atoms with Crippen LogP contribution in [0, 0.1) is 0 Å². The Balaban J connectivity index is 1.42. The number of aromatic amines is 1. The molecule has 0 bridgehead atoms. The van der Waals surface area contributed by atoms with Gasteiger partial charge in [0.15, 0.2) is 5.88 Å². The van der Waals surface area contributed by atoms with E-state index >= 15 is 0 Å². The summed E-state index contributed by atoms with van der Waals surface area (Å²) < 4.78 is 0. The minimum absolute atomic E-state index is 0.0317. The van der Waals surface area contributed by atoms with Crippen molar-refractivity contribution in [2.45, 2.75) is 25.9 Å². The Bertz CT molecular complexity index is 1500. The molecule has 1 aromatic heterocycles. The maximum absolute atomic E-state index is 13.1. The fourth-order valence-electron chi connectivity index (χ4n) is 5.15. The van der Waals surface area contributed by atoms with Crippen LogP contribution in [0.4, 0.5) is 11.4 Å². The van der Waals surface area contributed by atoms with E-state index in [1.54, 1.807) is 17.0 Å². The number of aliphatic imine (C=N–C) groups is 1. The number of carbonyl (C=O) groups excluding carboxylic acids is 1. The van der Waals surface area contributed by atoms with Crippen LogP contribution in [-0.2, 0) is 4.79 Å². The lowest BCUT2D eigenvalue weighted by Crippen LogP contribution is -2.57. The molecule has 7 nitrogen and oxygen atoms in total. The van der Waals surface area contributed by atoms with Crippen LogP contribution in [0.1, 0.15) is 25.0 Å². The maximum Gasteiger partial charge on any atom is 0.240 e. The first-order chi connectivity index (χ1) is 18.7. The first-order valence-corrected chi connectivity index (χ1v) is 13.5. The molecule has 2 heterocycles. The largest absolute Gasteiger partial charge is 0.494 e. The summed E-state index contributed by atoms with van der Waals surface area (Å²) in [5.41, 5.74) is 4.37. The van der Waals surface area contributed by atoms with Gasteiger partial charge in [-0.1, -0.05) is 48.0 Å². The quantitative estimate of drug-likeness (QED) is 0.307. The molecule has 1 aliphatic heterocycles. The second kappa shape index (κ2) is 11.2. The van der Waals surface area contributed by atoms with E-state index in [2.05, 4.69) is 35.7 Å². The number of hydrogen-bond donors (Lipinski definition) is 2. The van der Waals surface area contributed by atoms with Crippen LogP contribution in [0.3, 0.4) is 0 Å². The summed E-state index contributed by atoms with van der Waals surface area (Å²) in [6, 6.07) is 23.6. The van der Waals surface area contributed by atoms with E-state index in [9.17, 15) is 9.90 Å². The average Bonchev–Trinajstić information content (AvgIpc) is 3.25. The van der Waals surface area contributed by atoms with Crippen molar-refractivity contribution < 1.29 is 9.90 Å². The number of anilines is 1. The van der Waals surface area contributed by atoms with Gasteiger partial charge in [-0.25, -0.2) is 4.99 Å². The molecule has 0 unspecified atom stereocenters. The Morgan fingerprint density at radius 3 is 2.49 bits per heavy atom. The van der Waals surface area contributed by atoms with Crippen LogP contribution in [0.15, 0.2) is 77.8 Å². The molecule has 2 N–H and O–H groups in total. The molecule has 3 aromatic carbocycles. The van der Waals surface area contributed by atoms with E-state index in [4.69, 9.17) is 16.6 Å². The number of fused-ring (bicyclic) bond motifs is 1. The SMILES string of the molecule is C[C@H]1CN(CC(=O)N(C)c2ccc(N=C(c3ccccc3)c3c(O)[nH]c4cc(Cl)ccc34)cc2)[C@@H](C)CN1C. The van der Waals surface area contributed by atoms with Crippen molar-refractivity contribution in [2.24, 2.45) is 4.99 Å². The highest BCUT2D eigenvalue weighted by molar-refractivity contribution is 6.31. The number of nitrogens with one attached hydrogen (secondary N) is 1. The van der Waals surface area contributed by atoms with Gasteiger partial charge in [-0.15, -0.1) is 0 Å². The number of H-pyrrole nitrogens is 1. The number of aromatic nitrogens is 1. The minimum Gasteiger partial charge on any atom is -0.494 e. The molecule has 0 radical (unpaired) electrons. The normalized spacial score (nSPS) is 18.9. The van der Waals surface area contributed by atoms with E-state index in [0.717, 1.165) is 35.2 Å². The van der Waals surface area contributed by atoms with Gasteiger partial charge in [-0.2, -0.15) is 0 Å². The number of halogens is 1. The highest BCUT2D eigenvalue weighted by atomic mass is 35.5. The molecule has 4 aromatic rings. The van der Waals surface area contributed by atoms with E-state index in [-0.39, 0.29) is 11.8 Å². The maximum atomic E-state index is 13.1. The van der Waals surface area contributed by atoms with E-state index < -0.39 is 0 Å². The van der Waals surface area contributed by atoms with Crippen LogP contribution in [0.25, 0.3) is 10.9 Å². The van der Waals surface area contributed by atoms with Crippen LogP contribution in [-0.4, -0.2) is 77.3 Å². The second-order valence-corrected chi connectivity index (χ2v) is 10.8. The fourth-order valence-corrected chi connectivity index (χ4v) is 5.32. The number of benzene rings is 3. The minimum atomic E-state index is 0.0317. The molecule has 39 heavy (non-hydrogen) atoms. The second-order valence-electron chi connectivity index (χ2n) is 10.4. The van der Waals surface area contributed by atoms with Crippen LogP contribution < -0.4 is 4.90 Å². The van der Waals surface area contributed by atoms with E-state index in [0.29, 0.717) is 40.6 Å². The van der Waals surface area contributed by atoms with Gasteiger partial charge in [0.1, 0.15) is 0 Å². The number of hydrogen-bond acceptors (Lipinski definition) is 5. The number of likely N-dealkylation sites (N-methyl/N-ethyl adjacent to an activating group) is 2. The molecule has 0 saturated carbocycles. The van der Waals surface area contributed by atoms with Gasteiger partial charge < -0.3 is 19.9 Å². The zero-order chi connectivity index (χ0) is 27.7. The smallest absolute Gasteiger partial charge is 0.240 e.